The fourth-order valence-electron chi connectivity index (χ4n) is 8.04. The highest BCUT2D eigenvalue weighted by molar-refractivity contribution is 5.81. The lowest BCUT2D eigenvalue weighted by Gasteiger charge is -2.37. The average molecular weight is 887 g/mol. The third-order valence-corrected chi connectivity index (χ3v) is 12.3. The first-order valence-corrected chi connectivity index (χ1v) is 25.4. The minimum atomic E-state index is -1.71. The SMILES string of the molecule is CCCC(NCC(CCCCCCNC(=O)CCCCCCCCCCCCCCCCCNC(=O)C1OC(O)C(O)C(O)C1O)CNC(CCC)NC(N)CC)NC(N)CC. The fraction of sp³-hybridized carbons (Fsp3) is 0.957. The van der Waals surface area contributed by atoms with Gasteiger partial charge in [-0.15, -0.1) is 0 Å². The van der Waals surface area contributed by atoms with Crippen LogP contribution in [0.2, 0.25) is 0 Å². The Balaban J connectivity index is 2.04. The zero-order valence-corrected chi connectivity index (χ0v) is 39.9. The summed E-state index contributed by atoms with van der Waals surface area (Å²) in [6, 6.07) is 0. The van der Waals surface area contributed by atoms with Gasteiger partial charge in [-0.2, -0.15) is 0 Å². The first kappa shape index (κ1) is 58.5. The average Bonchev–Trinajstić information content (AvgIpc) is 3.26. The van der Waals surface area contributed by atoms with Crippen LogP contribution in [0.4, 0.5) is 0 Å². The second-order valence-electron chi connectivity index (χ2n) is 18.0. The zero-order chi connectivity index (χ0) is 45.8. The number of hydrogen-bond donors (Lipinski definition) is 12. The van der Waals surface area contributed by atoms with Crippen molar-refractivity contribution >= 4 is 11.8 Å². The van der Waals surface area contributed by atoms with Crippen LogP contribution in [-0.2, 0) is 14.3 Å². The summed E-state index contributed by atoms with van der Waals surface area (Å²) >= 11 is 0. The number of nitrogens with one attached hydrogen (secondary N) is 6. The van der Waals surface area contributed by atoms with Crippen LogP contribution in [0.5, 0.6) is 0 Å². The van der Waals surface area contributed by atoms with Crippen LogP contribution in [-0.4, -0.2) is 114 Å². The lowest BCUT2D eigenvalue weighted by molar-refractivity contribution is -0.275. The van der Waals surface area contributed by atoms with Crippen molar-refractivity contribution in [3.63, 3.8) is 0 Å². The molecule has 9 atom stereocenters. The molecule has 14 N–H and O–H groups in total. The smallest absolute Gasteiger partial charge is 0.252 e. The molecule has 15 nitrogen and oxygen atoms in total. The molecule has 0 aliphatic carbocycles. The van der Waals surface area contributed by atoms with E-state index in [0.29, 0.717) is 18.9 Å². The normalized spacial score (nSPS) is 21.6. The second-order valence-corrected chi connectivity index (χ2v) is 18.0. The summed E-state index contributed by atoms with van der Waals surface area (Å²) in [5.74, 6) is 0.0997. The molecule has 9 unspecified atom stereocenters. The summed E-state index contributed by atoms with van der Waals surface area (Å²) in [5.41, 5.74) is 12.5. The molecule has 1 fully saturated rings. The molecule has 1 rings (SSSR count). The van der Waals surface area contributed by atoms with Gasteiger partial charge in [0.15, 0.2) is 12.4 Å². The molecule has 368 valence electrons. The summed E-state index contributed by atoms with van der Waals surface area (Å²) in [6.45, 7) is 11.8. The van der Waals surface area contributed by atoms with E-state index in [2.05, 4.69) is 59.6 Å². The lowest BCUT2D eigenvalue weighted by atomic mass is 9.98. The number of ether oxygens (including phenoxy) is 1. The number of amides is 2. The van der Waals surface area contributed by atoms with Gasteiger partial charge >= 0.3 is 0 Å². The molecule has 0 radical (unpaired) electrons. The molecule has 0 aromatic carbocycles. The highest BCUT2D eigenvalue weighted by Gasteiger charge is 2.46. The molecule has 15 heteroatoms. The molecule has 0 saturated carbocycles. The topological polar surface area (TPSA) is 249 Å². The van der Waals surface area contributed by atoms with E-state index in [-0.39, 0.29) is 30.6 Å². The van der Waals surface area contributed by atoms with Gasteiger partial charge in [0.05, 0.1) is 24.7 Å². The van der Waals surface area contributed by atoms with Crippen molar-refractivity contribution in [3.05, 3.63) is 0 Å². The van der Waals surface area contributed by atoms with E-state index >= 15 is 0 Å². The number of aliphatic hydroxyl groups excluding tert-OH is 4. The van der Waals surface area contributed by atoms with Crippen molar-refractivity contribution < 1.29 is 34.8 Å². The maximum Gasteiger partial charge on any atom is 0.252 e. The Morgan fingerprint density at radius 2 is 0.952 bits per heavy atom. The Morgan fingerprint density at radius 1 is 0.532 bits per heavy atom. The molecule has 0 aromatic rings. The largest absolute Gasteiger partial charge is 0.387 e. The molecule has 1 saturated heterocycles. The van der Waals surface area contributed by atoms with Crippen LogP contribution >= 0.6 is 0 Å². The Kier molecular flexibility index (Phi) is 36.6. The number of rotatable bonds is 42. The van der Waals surface area contributed by atoms with Crippen molar-refractivity contribution in [2.75, 3.05) is 26.2 Å². The molecule has 1 aliphatic rings. The predicted octanol–water partition coefficient (Wildman–Crippen LogP) is 4.83. The van der Waals surface area contributed by atoms with Crippen LogP contribution in [0.1, 0.15) is 201 Å². The number of carbonyl (C=O) groups excluding carboxylic acids is 2. The lowest BCUT2D eigenvalue weighted by Crippen LogP contribution is -2.61. The van der Waals surface area contributed by atoms with Gasteiger partial charge in [-0.1, -0.05) is 143 Å². The quantitative estimate of drug-likeness (QED) is 0.0291. The molecule has 1 heterocycles. The summed E-state index contributed by atoms with van der Waals surface area (Å²) in [5, 5.41) is 59.3. The number of aliphatic hydroxyl groups is 4. The minimum absolute atomic E-state index is 0.00546. The summed E-state index contributed by atoms with van der Waals surface area (Å²) in [6.07, 6.45) is 22.4. The summed E-state index contributed by atoms with van der Waals surface area (Å²) in [4.78, 5) is 24.6. The maximum atomic E-state index is 12.4. The third-order valence-electron chi connectivity index (χ3n) is 12.3. The van der Waals surface area contributed by atoms with Gasteiger partial charge in [0.25, 0.3) is 5.91 Å². The van der Waals surface area contributed by atoms with E-state index in [1.165, 1.54) is 77.0 Å². The van der Waals surface area contributed by atoms with Crippen molar-refractivity contribution in [2.45, 2.75) is 256 Å². The van der Waals surface area contributed by atoms with Gasteiger partial charge in [0.2, 0.25) is 5.91 Å². The maximum absolute atomic E-state index is 12.4. The molecule has 0 aromatic heterocycles. The Labute approximate surface area is 377 Å². The molecule has 2 amide bonds. The van der Waals surface area contributed by atoms with Gasteiger partial charge in [-0.3, -0.25) is 20.2 Å². The number of hydrogen-bond acceptors (Lipinski definition) is 13. The standard InChI is InChI=1S/C47H98N8O7/c1-5-28-39(54-37(48)7-3)52-34-36(35-53-40(29-6-2)55-38(49)8-4)30-24-21-23-26-32-50-41(56)31-25-20-18-16-14-12-10-9-11-13-15-17-19-22-27-33-51-46(60)45-43(58)42(57)44(59)47(61)62-45/h36-40,42-45,47,52-55,57-59,61H,5-35,48-49H2,1-4H3,(H,50,56)(H,51,60). The van der Waals surface area contributed by atoms with Gasteiger partial charge < -0.3 is 57.9 Å². The number of nitrogens with two attached hydrogens (primary N) is 2. The van der Waals surface area contributed by atoms with Crippen LogP contribution in [0, 0.1) is 5.92 Å². The summed E-state index contributed by atoms with van der Waals surface area (Å²) < 4.78 is 4.95. The van der Waals surface area contributed by atoms with E-state index in [4.69, 9.17) is 16.2 Å². The highest BCUT2D eigenvalue weighted by Crippen LogP contribution is 2.20. The van der Waals surface area contributed by atoms with Crippen molar-refractivity contribution in [2.24, 2.45) is 17.4 Å². The van der Waals surface area contributed by atoms with Crippen molar-refractivity contribution in [1.82, 2.24) is 31.9 Å². The Bertz CT molecular complexity index is 1040. The zero-order valence-electron chi connectivity index (χ0n) is 39.9. The van der Waals surface area contributed by atoms with E-state index in [9.17, 15) is 30.0 Å². The van der Waals surface area contributed by atoms with E-state index < -0.39 is 36.6 Å². The first-order valence-electron chi connectivity index (χ1n) is 25.4. The van der Waals surface area contributed by atoms with E-state index in [0.717, 1.165) is 110 Å². The van der Waals surface area contributed by atoms with Crippen LogP contribution < -0.4 is 43.4 Å². The fourth-order valence-corrected chi connectivity index (χ4v) is 8.04. The van der Waals surface area contributed by atoms with Gasteiger partial charge in [-0.25, -0.2) is 0 Å². The molecular formula is C47H98N8O7. The highest BCUT2D eigenvalue weighted by atomic mass is 16.6. The number of unbranched alkanes of at least 4 members (excludes halogenated alkanes) is 17. The van der Waals surface area contributed by atoms with Crippen LogP contribution in [0.3, 0.4) is 0 Å². The number of carbonyl (C=O) groups is 2. The van der Waals surface area contributed by atoms with Crippen LogP contribution in [0.25, 0.3) is 0 Å². The van der Waals surface area contributed by atoms with Crippen LogP contribution in [0.15, 0.2) is 0 Å². The molecule has 62 heavy (non-hydrogen) atoms. The monoisotopic (exact) mass is 887 g/mol. The van der Waals surface area contributed by atoms with Gasteiger partial charge in [0.1, 0.15) is 18.3 Å². The first-order chi connectivity index (χ1) is 30.0. The molecule has 1 aliphatic heterocycles. The van der Waals surface area contributed by atoms with E-state index in [1.807, 2.05) is 0 Å². The van der Waals surface area contributed by atoms with Gasteiger partial charge in [0, 0.05) is 32.6 Å². The van der Waals surface area contributed by atoms with Crippen molar-refractivity contribution in [1.29, 1.82) is 0 Å². The second kappa shape index (κ2) is 38.7. The van der Waals surface area contributed by atoms with Crippen molar-refractivity contribution in [3.8, 4) is 0 Å². The molecule has 0 bridgehead atoms. The predicted molar refractivity (Wildman–Crippen MR) is 252 cm³/mol. The van der Waals surface area contributed by atoms with Gasteiger partial charge in [-0.05, 0) is 57.3 Å². The Morgan fingerprint density at radius 3 is 1.40 bits per heavy atom. The molecule has 0 spiro atoms. The molecular weight excluding hydrogens is 789 g/mol. The minimum Gasteiger partial charge on any atom is -0.387 e. The Hall–Kier alpha value is -1.50. The summed E-state index contributed by atoms with van der Waals surface area (Å²) in [7, 11) is 0. The third kappa shape index (κ3) is 29.1. The van der Waals surface area contributed by atoms with E-state index in [1.54, 1.807) is 0 Å².